The fourth-order valence-corrected chi connectivity index (χ4v) is 2.23. The maximum atomic E-state index is 12.5. The third kappa shape index (κ3) is 7.26. The third-order valence-electron chi connectivity index (χ3n) is 4.13. The zero-order valence-corrected chi connectivity index (χ0v) is 16.6. The van der Waals surface area contributed by atoms with E-state index < -0.39 is 5.41 Å². The van der Waals surface area contributed by atoms with Crippen LogP contribution in [0.5, 0.6) is 5.75 Å². The summed E-state index contributed by atoms with van der Waals surface area (Å²) < 4.78 is 5.69. The van der Waals surface area contributed by atoms with Gasteiger partial charge in [-0.15, -0.1) is 24.8 Å². The van der Waals surface area contributed by atoms with Crippen LogP contribution in [0.2, 0.25) is 0 Å². The van der Waals surface area contributed by atoms with Crippen molar-refractivity contribution >= 4 is 36.4 Å². The highest BCUT2D eigenvalue weighted by molar-refractivity contribution is 5.95. The number of anilines is 1. The van der Waals surface area contributed by atoms with E-state index >= 15 is 0 Å². The average molecular weight is 380 g/mol. The van der Waals surface area contributed by atoms with Crippen LogP contribution in [0, 0.1) is 5.41 Å². The lowest BCUT2D eigenvalue weighted by atomic mass is 9.81. The molecule has 0 saturated carbocycles. The van der Waals surface area contributed by atoms with Crippen molar-refractivity contribution in [3.63, 3.8) is 0 Å². The van der Waals surface area contributed by atoms with Crippen LogP contribution >= 0.6 is 24.8 Å². The van der Waals surface area contributed by atoms with Gasteiger partial charge in [-0.25, -0.2) is 0 Å². The molecule has 24 heavy (non-hydrogen) atoms. The van der Waals surface area contributed by atoms with Crippen LogP contribution in [-0.4, -0.2) is 44.6 Å². The van der Waals surface area contributed by atoms with Crippen LogP contribution in [0.1, 0.15) is 26.7 Å². The Morgan fingerprint density at radius 1 is 1.25 bits per heavy atom. The van der Waals surface area contributed by atoms with Crippen molar-refractivity contribution < 1.29 is 9.53 Å². The largest absolute Gasteiger partial charge is 0.492 e. The molecule has 0 fully saturated rings. The molecular formula is C17H31Cl2N3O2. The fourth-order valence-electron chi connectivity index (χ4n) is 2.23. The first-order valence-electron chi connectivity index (χ1n) is 7.86. The first-order chi connectivity index (χ1) is 10.5. The van der Waals surface area contributed by atoms with E-state index in [4.69, 9.17) is 10.5 Å². The molecule has 0 radical (unpaired) electrons. The molecule has 0 heterocycles. The Kier molecular flexibility index (Phi) is 13.0. The lowest BCUT2D eigenvalue weighted by molar-refractivity contribution is -0.125. The molecule has 0 aliphatic heterocycles. The number of nitrogens with two attached hydrogens (primary N) is 1. The van der Waals surface area contributed by atoms with E-state index in [1.165, 1.54) is 0 Å². The van der Waals surface area contributed by atoms with Crippen LogP contribution < -0.4 is 15.8 Å². The number of rotatable bonds is 9. The van der Waals surface area contributed by atoms with Gasteiger partial charge in [0.25, 0.3) is 0 Å². The van der Waals surface area contributed by atoms with Gasteiger partial charge in [0.15, 0.2) is 0 Å². The van der Waals surface area contributed by atoms with Gasteiger partial charge in [-0.2, -0.15) is 0 Å². The summed E-state index contributed by atoms with van der Waals surface area (Å²) in [6, 6.07) is 7.48. The standard InChI is InChI=1S/C17H29N3O2.2ClH/c1-5-17(6-2,13-18)16(21)19-14-8-7-9-15(12-14)22-11-10-20(3)4;;/h7-9,12H,5-6,10-11,13,18H2,1-4H3,(H,19,21);2*1H. The maximum Gasteiger partial charge on any atom is 0.231 e. The molecule has 1 aromatic rings. The maximum absolute atomic E-state index is 12.5. The second kappa shape index (κ2) is 12.4. The van der Waals surface area contributed by atoms with Crippen molar-refractivity contribution in [1.29, 1.82) is 0 Å². The fraction of sp³-hybridized carbons (Fsp3) is 0.588. The van der Waals surface area contributed by atoms with Crippen LogP contribution in [0.3, 0.4) is 0 Å². The van der Waals surface area contributed by atoms with Gasteiger partial charge < -0.3 is 20.7 Å². The van der Waals surface area contributed by atoms with Gasteiger partial charge in [-0.3, -0.25) is 4.79 Å². The quantitative estimate of drug-likeness (QED) is 0.691. The summed E-state index contributed by atoms with van der Waals surface area (Å²) in [6.45, 7) is 5.80. The number of nitrogens with zero attached hydrogens (tertiary/aromatic N) is 1. The molecule has 0 aliphatic carbocycles. The molecule has 1 aromatic carbocycles. The Bertz CT molecular complexity index is 472. The molecule has 3 N–H and O–H groups in total. The van der Waals surface area contributed by atoms with Gasteiger partial charge in [0, 0.05) is 24.8 Å². The highest BCUT2D eigenvalue weighted by atomic mass is 35.5. The van der Waals surface area contributed by atoms with Gasteiger partial charge >= 0.3 is 0 Å². The van der Waals surface area contributed by atoms with Gasteiger partial charge in [0.05, 0.1) is 5.41 Å². The summed E-state index contributed by atoms with van der Waals surface area (Å²) in [7, 11) is 4.00. The lowest BCUT2D eigenvalue weighted by Crippen LogP contribution is -2.41. The Morgan fingerprint density at radius 3 is 2.38 bits per heavy atom. The van der Waals surface area contributed by atoms with Crippen LogP contribution in [0.4, 0.5) is 5.69 Å². The number of hydrogen-bond acceptors (Lipinski definition) is 4. The van der Waals surface area contributed by atoms with E-state index in [1.54, 1.807) is 0 Å². The number of halogens is 2. The van der Waals surface area contributed by atoms with Crippen molar-refractivity contribution in [2.45, 2.75) is 26.7 Å². The molecule has 1 amide bonds. The van der Waals surface area contributed by atoms with Crippen LogP contribution in [-0.2, 0) is 4.79 Å². The van der Waals surface area contributed by atoms with Crippen LogP contribution in [0.15, 0.2) is 24.3 Å². The minimum absolute atomic E-state index is 0. The summed E-state index contributed by atoms with van der Waals surface area (Å²) in [5.74, 6) is 0.733. The second-order valence-corrected chi connectivity index (χ2v) is 5.83. The number of ether oxygens (including phenoxy) is 1. The van der Waals surface area contributed by atoms with E-state index in [0.29, 0.717) is 13.2 Å². The highest BCUT2D eigenvalue weighted by Gasteiger charge is 2.33. The summed E-state index contributed by atoms with van der Waals surface area (Å²) in [6.07, 6.45) is 1.45. The number of carbonyl (C=O) groups excluding carboxylic acids is 1. The smallest absolute Gasteiger partial charge is 0.231 e. The molecule has 7 heteroatoms. The van der Waals surface area contributed by atoms with E-state index in [9.17, 15) is 4.79 Å². The monoisotopic (exact) mass is 379 g/mol. The summed E-state index contributed by atoms with van der Waals surface area (Å²) in [5, 5.41) is 2.97. The lowest BCUT2D eigenvalue weighted by Gasteiger charge is -2.28. The number of benzene rings is 1. The molecule has 0 atom stereocenters. The molecular weight excluding hydrogens is 349 g/mol. The Morgan fingerprint density at radius 2 is 1.88 bits per heavy atom. The number of likely N-dealkylation sites (N-methyl/N-ethyl adjacent to an activating group) is 1. The summed E-state index contributed by atoms with van der Waals surface area (Å²) in [5.41, 5.74) is 6.06. The molecule has 0 bridgehead atoms. The van der Waals surface area contributed by atoms with E-state index in [-0.39, 0.29) is 30.7 Å². The van der Waals surface area contributed by atoms with Crippen molar-refractivity contribution in [3.05, 3.63) is 24.3 Å². The molecule has 0 aliphatic rings. The SMILES string of the molecule is CCC(CC)(CN)C(=O)Nc1cccc(OCCN(C)C)c1.Cl.Cl. The number of nitrogens with one attached hydrogen (secondary N) is 1. The topological polar surface area (TPSA) is 67.6 Å². The predicted molar refractivity (Wildman–Crippen MR) is 106 cm³/mol. The first-order valence-corrected chi connectivity index (χ1v) is 7.86. The highest BCUT2D eigenvalue weighted by Crippen LogP contribution is 2.27. The molecule has 140 valence electrons. The second-order valence-electron chi connectivity index (χ2n) is 5.83. The zero-order valence-electron chi connectivity index (χ0n) is 15.0. The van der Waals surface area contributed by atoms with E-state index in [2.05, 4.69) is 10.2 Å². The molecule has 0 spiro atoms. The molecule has 0 unspecified atom stereocenters. The summed E-state index contributed by atoms with van der Waals surface area (Å²) in [4.78, 5) is 14.6. The number of hydrogen-bond donors (Lipinski definition) is 2. The van der Waals surface area contributed by atoms with E-state index in [1.807, 2.05) is 52.2 Å². The Labute approximate surface area is 158 Å². The zero-order chi connectivity index (χ0) is 16.6. The first kappa shape index (κ1) is 25.2. The van der Waals surface area contributed by atoms with E-state index in [0.717, 1.165) is 30.8 Å². The van der Waals surface area contributed by atoms with Crippen molar-refractivity contribution in [3.8, 4) is 5.75 Å². The van der Waals surface area contributed by atoms with Crippen LogP contribution in [0.25, 0.3) is 0 Å². The van der Waals surface area contributed by atoms with Gasteiger partial charge in [0.2, 0.25) is 5.91 Å². The Hall–Kier alpha value is -1.01. The van der Waals surface area contributed by atoms with Gasteiger partial charge in [-0.05, 0) is 39.1 Å². The van der Waals surface area contributed by atoms with Crippen molar-refractivity contribution in [2.24, 2.45) is 11.1 Å². The minimum atomic E-state index is -0.498. The minimum Gasteiger partial charge on any atom is -0.492 e. The number of amides is 1. The molecule has 1 rings (SSSR count). The van der Waals surface area contributed by atoms with Gasteiger partial charge in [0.1, 0.15) is 12.4 Å². The molecule has 0 aromatic heterocycles. The average Bonchev–Trinajstić information content (AvgIpc) is 2.49. The number of carbonyl (C=O) groups is 1. The normalized spacial score (nSPS) is 10.6. The third-order valence-corrected chi connectivity index (χ3v) is 4.13. The Balaban J connectivity index is 0. The van der Waals surface area contributed by atoms with Crippen molar-refractivity contribution in [2.75, 3.05) is 39.1 Å². The predicted octanol–water partition coefficient (Wildman–Crippen LogP) is 3.17. The summed E-state index contributed by atoms with van der Waals surface area (Å²) >= 11 is 0. The molecule has 5 nitrogen and oxygen atoms in total. The molecule has 0 saturated heterocycles. The van der Waals surface area contributed by atoms with Gasteiger partial charge in [-0.1, -0.05) is 19.9 Å². The van der Waals surface area contributed by atoms with Crippen molar-refractivity contribution in [1.82, 2.24) is 4.90 Å².